The van der Waals surface area contributed by atoms with Gasteiger partial charge in [0.05, 0.1) is 6.04 Å². The van der Waals surface area contributed by atoms with E-state index in [1.54, 1.807) is 0 Å². The molecule has 5 nitrogen and oxygen atoms in total. The molecule has 116 valence electrons. The average Bonchev–Trinajstić information content (AvgIpc) is 3.18. The van der Waals surface area contributed by atoms with Gasteiger partial charge in [-0.05, 0) is 38.3 Å². The van der Waals surface area contributed by atoms with Crippen LogP contribution in [-0.2, 0) is 9.59 Å². The Labute approximate surface area is 134 Å². The molecule has 2 aliphatic rings. The Bertz CT molecular complexity index is 653. The van der Waals surface area contributed by atoms with Crippen molar-refractivity contribution >= 4 is 34.4 Å². The quantitative estimate of drug-likeness (QED) is 0.896. The SMILES string of the molecule is Cc1ccc(NC(=O)CC2SC(=NC3CC3)NC2=O)c(C)c1. The summed E-state index contributed by atoms with van der Waals surface area (Å²) in [6, 6.07) is 6.24. The van der Waals surface area contributed by atoms with E-state index in [9.17, 15) is 9.59 Å². The molecule has 2 fully saturated rings. The second kappa shape index (κ2) is 6.12. The summed E-state index contributed by atoms with van der Waals surface area (Å²) in [5.74, 6) is -0.271. The fourth-order valence-corrected chi connectivity index (χ4v) is 3.33. The number of carbonyl (C=O) groups is 2. The third-order valence-corrected chi connectivity index (χ3v) is 4.75. The second-order valence-corrected chi connectivity index (χ2v) is 7.02. The third-order valence-electron chi connectivity index (χ3n) is 3.65. The summed E-state index contributed by atoms with van der Waals surface area (Å²) in [6.07, 6.45) is 2.35. The minimum Gasteiger partial charge on any atom is -0.326 e. The predicted molar refractivity (Wildman–Crippen MR) is 89.1 cm³/mol. The molecule has 1 heterocycles. The fourth-order valence-electron chi connectivity index (χ4n) is 2.29. The normalized spacial score (nSPS) is 22.7. The van der Waals surface area contributed by atoms with E-state index in [1.165, 1.54) is 11.8 Å². The van der Waals surface area contributed by atoms with Crippen LogP contribution in [0, 0.1) is 13.8 Å². The summed E-state index contributed by atoms with van der Waals surface area (Å²) in [5.41, 5.74) is 2.97. The zero-order chi connectivity index (χ0) is 15.7. The van der Waals surface area contributed by atoms with E-state index in [0.717, 1.165) is 29.7 Å². The lowest BCUT2D eigenvalue weighted by Crippen LogP contribution is -2.28. The molecule has 2 amide bonds. The van der Waals surface area contributed by atoms with Gasteiger partial charge in [-0.25, -0.2) is 0 Å². The molecule has 6 heteroatoms. The van der Waals surface area contributed by atoms with Gasteiger partial charge in [-0.3, -0.25) is 14.6 Å². The molecule has 2 N–H and O–H groups in total. The summed E-state index contributed by atoms with van der Waals surface area (Å²) in [7, 11) is 0. The molecule has 1 unspecified atom stereocenters. The number of amidine groups is 1. The second-order valence-electron chi connectivity index (χ2n) is 5.83. The molecule has 1 aliphatic heterocycles. The van der Waals surface area contributed by atoms with Gasteiger partial charge in [0.2, 0.25) is 11.8 Å². The minimum atomic E-state index is -0.386. The third kappa shape index (κ3) is 3.68. The van der Waals surface area contributed by atoms with Crippen LogP contribution in [0.4, 0.5) is 5.69 Å². The van der Waals surface area contributed by atoms with Crippen molar-refractivity contribution in [3.63, 3.8) is 0 Å². The lowest BCUT2D eigenvalue weighted by atomic mass is 10.1. The van der Waals surface area contributed by atoms with Gasteiger partial charge in [-0.15, -0.1) is 0 Å². The molecule has 0 aromatic heterocycles. The lowest BCUT2D eigenvalue weighted by Gasteiger charge is -2.10. The molecule has 3 rings (SSSR count). The molecule has 1 aromatic carbocycles. The van der Waals surface area contributed by atoms with Gasteiger partial charge >= 0.3 is 0 Å². The zero-order valence-corrected chi connectivity index (χ0v) is 13.5. The molecule has 1 saturated carbocycles. The Morgan fingerprint density at radius 2 is 2.18 bits per heavy atom. The highest BCUT2D eigenvalue weighted by atomic mass is 32.2. The number of rotatable bonds is 4. The summed E-state index contributed by atoms with van der Waals surface area (Å²) >= 11 is 1.36. The number of aryl methyl sites for hydroxylation is 2. The van der Waals surface area contributed by atoms with E-state index < -0.39 is 0 Å². The Kier molecular flexibility index (Phi) is 4.20. The maximum absolute atomic E-state index is 12.1. The van der Waals surface area contributed by atoms with Gasteiger partial charge in [0.15, 0.2) is 5.17 Å². The standard InChI is InChI=1S/C16H19N3O2S/c1-9-3-6-12(10(2)7-9)18-14(20)8-13-15(21)19-16(22-13)17-11-4-5-11/h3,6-7,11,13H,4-5,8H2,1-2H3,(H,18,20)(H,17,19,21). The van der Waals surface area contributed by atoms with E-state index in [2.05, 4.69) is 15.6 Å². The van der Waals surface area contributed by atoms with Gasteiger partial charge < -0.3 is 10.6 Å². The van der Waals surface area contributed by atoms with Crippen molar-refractivity contribution in [3.05, 3.63) is 29.3 Å². The lowest BCUT2D eigenvalue weighted by molar-refractivity contribution is -0.122. The first kappa shape index (κ1) is 15.1. The summed E-state index contributed by atoms with van der Waals surface area (Å²) < 4.78 is 0. The van der Waals surface area contributed by atoms with Crippen LogP contribution in [0.1, 0.15) is 30.4 Å². The summed E-state index contributed by atoms with van der Waals surface area (Å²) in [6.45, 7) is 3.97. The number of carbonyl (C=O) groups excluding carboxylic acids is 2. The van der Waals surface area contributed by atoms with E-state index >= 15 is 0 Å². The van der Waals surface area contributed by atoms with Gasteiger partial charge in [0.25, 0.3) is 0 Å². The topological polar surface area (TPSA) is 70.6 Å². The molecular formula is C16H19N3O2S. The molecule has 1 saturated heterocycles. The number of nitrogens with one attached hydrogen (secondary N) is 2. The van der Waals surface area contributed by atoms with Gasteiger partial charge in [-0.1, -0.05) is 29.5 Å². The molecule has 0 bridgehead atoms. The Morgan fingerprint density at radius 1 is 1.41 bits per heavy atom. The Hall–Kier alpha value is -1.82. The van der Waals surface area contributed by atoms with E-state index in [1.807, 2.05) is 32.0 Å². The number of hydrogen-bond donors (Lipinski definition) is 2. The summed E-state index contributed by atoms with van der Waals surface area (Å²) in [4.78, 5) is 28.5. The van der Waals surface area contributed by atoms with Crippen LogP contribution >= 0.6 is 11.8 Å². The monoisotopic (exact) mass is 317 g/mol. The average molecular weight is 317 g/mol. The zero-order valence-electron chi connectivity index (χ0n) is 12.7. The first-order chi connectivity index (χ1) is 10.5. The first-order valence-corrected chi connectivity index (χ1v) is 8.31. The van der Waals surface area contributed by atoms with Crippen molar-refractivity contribution in [3.8, 4) is 0 Å². The van der Waals surface area contributed by atoms with Crippen molar-refractivity contribution in [2.24, 2.45) is 4.99 Å². The van der Waals surface area contributed by atoms with Crippen molar-refractivity contribution in [2.45, 2.75) is 44.4 Å². The van der Waals surface area contributed by atoms with Crippen molar-refractivity contribution in [2.75, 3.05) is 5.32 Å². The number of benzene rings is 1. The number of amides is 2. The minimum absolute atomic E-state index is 0.125. The van der Waals surface area contributed by atoms with Crippen LogP contribution in [0.25, 0.3) is 0 Å². The molecule has 1 aliphatic carbocycles. The predicted octanol–water partition coefficient (Wildman–Crippen LogP) is 2.38. The van der Waals surface area contributed by atoms with Crippen LogP contribution in [0.5, 0.6) is 0 Å². The molecular weight excluding hydrogens is 298 g/mol. The van der Waals surface area contributed by atoms with Crippen LogP contribution in [0.3, 0.4) is 0 Å². The molecule has 0 spiro atoms. The van der Waals surface area contributed by atoms with E-state index in [4.69, 9.17) is 0 Å². The van der Waals surface area contributed by atoms with E-state index in [-0.39, 0.29) is 23.5 Å². The number of nitrogens with zero attached hydrogens (tertiary/aromatic N) is 1. The maximum Gasteiger partial charge on any atom is 0.240 e. The number of anilines is 1. The van der Waals surface area contributed by atoms with Crippen LogP contribution < -0.4 is 10.6 Å². The van der Waals surface area contributed by atoms with E-state index in [0.29, 0.717) is 11.2 Å². The highest BCUT2D eigenvalue weighted by Crippen LogP contribution is 2.29. The molecule has 1 aromatic rings. The molecule has 0 radical (unpaired) electrons. The largest absolute Gasteiger partial charge is 0.326 e. The van der Waals surface area contributed by atoms with Gasteiger partial charge in [0.1, 0.15) is 5.25 Å². The van der Waals surface area contributed by atoms with Gasteiger partial charge in [-0.2, -0.15) is 0 Å². The van der Waals surface area contributed by atoms with Crippen LogP contribution in [-0.4, -0.2) is 28.3 Å². The van der Waals surface area contributed by atoms with Crippen molar-refractivity contribution in [1.82, 2.24) is 5.32 Å². The van der Waals surface area contributed by atoms with Crippen molar-refractivity contribution in [1.29, 1.82) is 0 Å². The highest BCUT2D eigenvalue weighted by molar-refractivity contribution is 8.15. The highest BCUT2D eigenvalue weighted by Gasteiger charge is 2.33. The van der Waals surface area contributed by atoms with Gasteiger partial charge in [0, 0.05) is 12.1 Å². The smallest absolute Gasteiger partial charge is 0.240 e. The Balaban J connectivity index is 1.58. The summed E-state index contributed by atoms with van der Waals surface area (Å²) in [5, 5.41) is 5.92. The molecule has 1 atom stereocenters. The first-order valence-electron chi connectivity index (χ1n) is 7.43. The number of thioether (sulfide) groups is 1. The number of hydrogen-bond acceptors (Lipinski definition) is 4. The number of aliphatic imine (C=N–C) groups is 1. The van der Waals surface area contributed by atoms with Crippen LogP contribution in [0.2, 0.25) is 0 Å². The fraction of sp³-hybridized carbons (Fsp3) is 0.438. The Morgan fingerprint density at radius 3 is 2.86 bits per heavy atom. The van der Waals surface area contributed by atoms with Crippen molar-refractivity contribution < 1.29 is 9.59 Å². The van der Waals surface area contributed by atoms with Crippen LogP contribution in [0.15, 0.2) is 23.2 Å². The maximum atomic E-state index is 12.1. The molecule has 22 heavy (non-hydrogen) atoms.